The number of aromatic nitrogens is 5. The molecule has 11 heteroatoms. The van der Waals surface area contributed by atoms with Crippen molar-refractivity contribution >= 4 is 46.1 Å². The van der Waals surface area contributed by atoms with E-state index in [1.807, 2.05) is 0 Å². The maximum Gasteiger partial charge on any atom is 0.234 e. The topological polar surface area (TPSA) is 115 Å². The van der Waals surface area contributed by atoms with E-state index in [4.69, 9.17) is 0 Å². The molecule has 0 aliphatic rings. The minimum Gasteiger partial charge on any atom is -0.326 e. The van der Waals surface area contributed by atoms with E-state index < -0.39 is 0 Å². The molecule has 0 saturated carbocycles. The van der Waals surface area contributed by atoms with Crippen molar-refractivity contribution in [1.82, 2.24) is 25.0 Å². The van der Waals surface area contributed by atoms with E-state index in [-0.39, 0.29) is 23.4 Å². The van der Waals surface area contributed by atoms with E-state index in [0.717, 1.165) is 0 Å². The fourth-order valence-corrected chi connectivity index (χ4v) is 3.53. The Hall–Kier alpha value is -3.86. The van der Waals surface area contributed by atoms with Gasteiger partial charge in [-0.3, -0.25) is 9.59 Å². The molecule has 4 rings (SSSR count). The Morgan fingerprint density at radius 2 is 1.81 bits per heavy atom. The number of carbonyl (C=O) groups excluding carboxylic acids is 2. The van der Waals surface area contributed by atoms with Gasteiger partial charge >= 0.3 is 0 Å². The molecule has 2 aromatic heterocycles. The van der Waals surface area contributed by atoms with E-state index in [0.29, 0.717) is 33.3 Å². The van der Waals surface area contributed by atoms with Crippen LogP contribution in [0.2, 0.25) is 0 Å². The minimum atomic E-state index is -0.354. The average molecular weight is 437 g/mol. The lowest BCUT2D eigenvalue weighted by molar-refractivity contribution is -0.114. The summed E-state index contributed by atoms with van der Waals surface area (Å²) in [5.74, 6) is -0.712. The van der Waals surface area contributed by atoms with Crippen LogP contribution in [0, 0.1) is 5.82 Å². The molecule has 0 unspecified atom stereocenters. The second-order valence-electron chi connectivity index (χ2n) is 6.43. The molecule has 0 aliphatic heterocycles. The number of amides is 2. The zero-order valence-corrected chi connectivity index (χ0v) is 17.1. The molecule has 2 amide bonds. The van der Waals surface area contributed by atoms with Crippen LogP contribution in [0.25, 0.3) is 16.9 Å². The Bertz CT molecular complexity index is 1260. The number of fused-ring (bicyclic) bond motifs is 1. The third kappa shape index (κ3) is 4.83. The minimum absolute atomic E-state index is 0.0832. The van der Waals surface area contributed by atoms with Crippen molar-refractivity contribution < 1.29 is 14.0 Å². The third-order valence-electron chi connectivity index (χ3n) is 4.08. The van der Waals surface area contributed by atoms with E-state index in [2.05, 4.69) is 30.9 Å². The number of anilines is 2. The quantitative estimate of drug-likeness (QED) is 0.352. The van der Waals surface area contributed by atoms with Gasteiger partial charge in [0.05, 0.1) is 11.4 Å². The van der Waals surface area contributed by atoms with Crippen LogP contribution in [-0.2, 0) is 9.59 Å². The molecule has 0 aliphatic carbocycles. The fraction of sp³-hybridized carbons (Fsp3) is 0.100. The van der Waals surface area contributed by atoms with Crippen molar-refractivity contribution in [3.05, 3.63) is 60.7 Å². The second kappa shape index (κ2) is 8.88. The van der Waals surface area contributed by atoms with E-state index in [9.17, 15) is 14.0 Å². The number of halogens is 1. The van der Waals surface area contributed by atoms with Crippen molar-refractivity contribution in [1.29, 1.82) is 0 Å². The van der Waals surface area contributed by atoms with Crippen molar-refractivity contribution in [2.45, 2.75) is 11.9 Å². The van der Waals surface area contributed by atoms with Crippen molar-refractivity contribution in [2.75, 3.05) is 16.4 Å². The molecule has 0 saturated heterocycles. The zero-order valence-electron chi connectivity index (χ0n) is 16.2. The Morgan fingerprint density at radius 3 is 2.55 bits per heavy atom. The molecule has 0 radical (unpaired) electrons. The lowest BCUT2D eigenvalue weighted by Crippen LogP contribution is -2.14. The van der Waals surface area contributed by atoms with Gasteiger partial charge in [0.15, 0.2) is 11.2 Å². The lowest BCUT2D eigenvalue weighted by atomic mass is 10.2. The van der Waals surface area contributed by atoms with Crippen LogP contribution in [0.15, 0.2) is 59.9 Å². The second-order valence-corrected chi connectivity index (χ2v) is 7.39. The number of rotatable bonds is 6. The molecule has 0 fully saturated rings. The van der Waals surface area contributed by atoms with E-state index >= 15 is 0 Å². The molecule has 0 spiro atoms. The van der Waals surface area contributed by atoms with Gasteiger partial charge in [0, 0.05) is 18.3 Å². The number of nitrogens with one attached hydrogen (secondary N) is 2. The summed E-state index contributed by atoms with van der Waals surface area (Å²) < 4.78 is 14.7. The first-order valence-corrected chi connectivity index (χ1v) is 10.1. The summed E-state index contributed by atoms with van der Waals surface area (Å²) in [7, 11) is 0. The highest BCUT2D eigenvalue weighted by molar-refractivity contribution is 8.00. The molecule has 31 heavy (non-hydrogen) atoms. The van der Waals surface area contributed by atoms with Gasteiger partial charge in [-0.25, -0.2) is 14.4 Å². The lowest BCUT2D eigenvalue weighted by Gasteiger charge is -2.07. The van der Waals surface area contributed by atoms with Gasteiger partial charge in [-0.2, -0.15) is 4.68 Å². The summed E-state index contributed by atoms with van der Waals surface area (Å²) in [4.78, 5) is 32.0. The SMILES string of the molecule is CC(=O)Nc1cccc(NC(=O)CSc2ncnc3c2nnn3-c2ccc(F)cc2)c1. The third-order valence-corrected chi connectivity index (χ3v) is 5.06. The number of benzene rings is 2. The Labute approximate surface area is 180 Å². The molecule has 156 valence electrons. The van der Waals surface area contributed by atoms with Gasteiger partial charge in [-0.05, 0) is 42.5 Å². The van der Waals surface area contributed by atoms with Crippen LogP contribution < -0.4 is 10.6 Å². The van der Waals surface area contributed by atoms with Crippen molar-refractivity contribution in [3.63, 3.8) is 0 Å². The summed E-state index contributed by atoms with van der Waals surface area (Å²) in [5.41, 5.74) is 2.65. The fourth-order valence-electron chi connectivity index (χ4n) is 2.80. The molecular weight excluding hydrogens is 421 g/mol. The van der Waals surface area contributed by atoms with Gasteiger partial charge in [0.2, 0.25) is 11.8 Å². The van der Waals surface area contributed by atoms with Gasteiger partial charge < -0.3 is 10.6 Å². The highest BCUT2D eigenvalue weighted by Gasteiger charge is 2.15. The van der Waals surface area contributed by atoms with Crippen molar-refractivity contribution in [2.24, 2.45) is 0 Å². The molecule has 2 heterocycles. The molecular formula is C20H16FN7O2S. The Morgan fingerprint density at radius 1 is 1.06 bits per heavy atom. The average Bonchev–Trinajstić information content (AvgIpc) is 3.17. The summed E-state index contributed by atoms with van der Waals surface area (Å²) >= 11 is 1.19. The summed E-state index contributed by atoms with van der Waals surface area (Å²) in [6.45, 7) is 1.41. The zero-order chi connectivity index (χ0) is 21.8. The first-order valence-electron chi connectivity index (χ1n) is 9.12. The van der Waals surface area contributed by atoms with Crippen LogP contribution in [-0.4, -0.2) is 42.5 Å². The van der Waals surface area contributed by atoms with E-state index in [1.165, 1.54) is 41.8 Å². The largest absolute Gasteiger partial charge is 0.326 e. The van der Waals surface area contributed by atoms with Crippen LogP contribution in [0.4, 0.5) is 15.8 Å². The van der Waals surface area contributed by atoms with Crippen LogP contribution >= 0.6 is 11.8 Å². The molecule has 2 aromatic carbocycles. The summed E-state index contributed by atoms with van der Waals surface area (Å²) in [6.07, 6.45) is 1.36. The number of hydrogen-bond donors (Lipinski definition) is 2. The molecule has 0 bridgehead atoms. The first kappa shape index (κ1) is 20.4. The monoisotopic (exact) mass is 437 g/mol. The van der Waals surface area contributed by atoms with Crippen LogP contribution in [0.1, 0.15) is 6.92 Å². The molecule has 0 atom stereocenters. The van der Waals surface area contributed by atoms with E-state index in [1.54, 1.807) is 36.4 Å². The van der Waals surface area contributed by atoms with Crippen molar-refractivity contribution in [3.8, 4) is 5.69 Å². The summed E-state index contributed by atoms with van der Waals surface area (Å²) in [6, 6.07) is 12.6. The summed E-state index contributed by atoms with van der Waals surface area (Å²) in [5, 5.41) is 14.1. The number of thioether (sulfide) groups is 1. The Kier molecular flexibility index (Phi) is 5.85. The van der Waals surface area contributed by atoms with Crippen LogP contribution in [0.5, 0.6) is 0 Å². The predicted molar refractivity (Wildman–Crippen MR) is 115 cm³/mol. The number of nitrogens with zero attached hydrogens (tertiary/aromatic N) is 5. The molecule has 4 aromatic rings. The van der Waals surface area contributed by atoms with Crippen LogP contribution in [0.3, 0.4) is 0 Å². The predicted octanol–water partition coefficient (Wildman–Crippen LogP) is 3.04. The van der Waals surface area contributed by atoms with Gasteiger partial charge in [0.1, 0.15) is 17.2 Å². The first-order chi connectivity index (χ1) is 15.0. The molecule has 2 N–H and O–H groups in total. The van der Waals surface area contributed by atoms with Gasteiger partial charge in [0.25, 0.3) is 0 Å². The standard InChI is InChI=1S/C20H16FN7O2S/c1-12(29)24-14-3-2-4-15(9-14)25-17(30)10-31-20-18-19(22-11-23-20)28(27-26-18)16-7-5-13(21)6-8-16/h2-9,11H,10H2,1H3,(H,24,29)(H,25,30). The molecule has 9 nitrogen and oxygen atoms in total. The Balaban J connectivity index is 1.46. The van der Waals surface area contributed by atoms with Gasteiger partial charge in [-0.15, -0.1) is 5.10 Å². The smallest absolute Gasteiger partial charge is 0.234 e. The highest BCUT2D eigenvalue weighted by Crippen LogP contribution is 2.24. The maximum absolute atomic E-state index is 13.2. The normalized spacial score (nSPS) is 10.8. The highest BCUT2D eigenvalue weighted by atomic mass is 32.2. The number of hydrogen-bond acceptors (Lipinski definition) is 7. The van der Waals surface area contributed by atoms with Gasteiger partial charge in [-0.1, -0.05) is 23.0 Å². The maximum atomic E-state index is 13.2. The number of carbonyl (C=O) groups is 2.